The van der Waals surface area contributed by atoms with Gasteiger partial charge in [0.1, 0.15) is 11.4 Å². The van der Waals surface area contributed by atoms with E-state index in [1.165, 1.54) is 0 Å². The molecule has 3 heterocycles. The van der Waals surface area contributed by atoms with Crippen LogP contribution in [0.25, 0.3) is 28.2 Å². The minimum atomic E-state index is 0.508. The fraction of sp³-hybridized carbons (Fsp3) is 0.0800. The molecule has 0 unspecified atom stereocenters. The fourth-order valence-corrected chi connectivity index (χ4v) is 3.39. The van der Waals surface area contributed by atoms with E-state index >= 15 is 0 Å². The van der Waals surface area contributed by atoms with Crippen LogP contribution in [0.15, 0.2) is 85.5 Å². The lowest BCUT2D eigenvalue weighted by molar-refractivity contribution is 0.415. The highest BCUT2D eigenvalue weighted by Gasteiger charge is 2.09. The van der Waals surface area contributed by atoms with E-state index in [-0.39, 0.29) is 0 Å². The second-order valence-corrected chi connectivity index (χ2v) is 7.41. The summed E-state index contributed by atoms with van der Waals surface area (Å²) in [5, 5.41) is 12.0. The van der Waals surface area contributed by atoms with Gasteiger partial charge in [-0.1, -0.05) is 11.3 Å². The quantitative estimate of drug-likeness (QED) is 0.408. The van der Waals surface area contributed by atoms with Crippen LogP contribution in [0.2, 0.25) is 0 Å². The lowest BCUT2D eigenvalue weighted by atomic mass is 10.1. The predicted octanol–water partition coefficient (Wildman–Crippen LogP) is 4.85. The van der Waals surface area contributed by atoms with Crippen molar-refractivity contribution in [3.05, 3.63) is 91.0 Å². The predicted molar refractivity (Wildman–Crippen MR) is 127 cm³/mol. The number of benzene rings is 2. The van der Waals surface area contributed by atoms with Crippen molar-refractivity contribution < 1.29 is 4.74 Å². The van der Waals surface area contributed by atoms with Gasteiger partial charge in [0.25, 0.3) is 0 Å². The van der Waals surface area contributed by atoms with Crippen molar-refractivity contribution in [2.45, 2.75) is 6.92 Å². The van der Waals surface area contributed by atoms with Crippen LogP contribution < -0.4 is 10.1 Å². The summed E-state index contributed by atoms with van der Waals surface area (Å²) >= 11 is 0. The summed E-state index contributed by atoms with van der Waals surface area (Å²) in [7, 11) is 1.65. The van der Waals surface area contributed by atoms with Crippen molar-refractivity contribution in [1.29, 1.82) is 0 Å². The summed E-state index contributed by atoms with van der Waals surface area (Å²) in [5.41, 5.74) is 6.30. The van der Waals surface area contributed by atoms with Crippen LogP contribution in [0.3, 0.4) is 0 Å². The standard InChI is InChI=1S/C25H21N7O/c1-17-5-8-20(32-16-24(30-31-32)18-6-9-21(33-2)10-7-18)14-23(17)29-25-27-13-11-22(28-25)19-4-3-12-26-15-19/h3-16H,1-2H3,(H,27,28,29). The topological polar surface area (TPSA) is 90.6 Å². The first-order valence-electron chi connectivity index (χ1n) is 10.4. The third-order valence-electron chi connectivity index (χ3n) is 5.22. The average molecular weight is 435 g/mol. The third kappa shape index (κ3) is 4.40. The molecule has 3 aromatic heterocycles. The molecular formula is C25H21N7O. The molecule has 33 heavy (non-hydrogen) atoms. The summed E-state index contributed by atoms with van der Waals surface area (Å²) in [5.74, 6) is 1.31. The Hall–Kier alpha value is -4.59. The van der Waals surface area contributed by atoms with Gasteiger partial charge >= 0.3 is 0 Å². The monoisotopic (exact) mass is 435 g/mol. The van der Waals surface area contributed by atoms with Crippen molar-refractivity contribution >= 4 is 11.6 Å². The molecule has 5 aromatic rings. The number of hydrogen-bond acceptors (Lipinski definition) is 7. The second-order valence-electron chi connectivity index (χ2n) is 7.41. The maximum Gasteiger partial charge on any atom is 0.227 e. The van der Waals surface area contributed by atoms with E-state index in [1.54, 1.807) is 30.4 Å². The zero-order valence-electron chi connectivity index (χ0n) is 18.2. The number of anilines is 2. The summed E-state index contributed by atoms with van der Waals surface area (Å²) in [4.78, 5) is 13.2. The summed E-state index contributed by atoms with van der Waals surface area (Å²) in [6, 6.07) is 19.5. The molecular weight excluding hydrogens is 414 g/mol. The van der Waals surface area contributed by atoms with Crippen LogP contribution >= 0.6 is 0 Å². The highest BCUT2D eigenvalue weighted by Crippen LogP contribution is 2.25. The van der Waals surface area contributed by atoms with E-state index in [2.05, 4.69) is 30.6 Å². The summed E-state index contributed by atoms with van der Waals surface area (Å²) in [6.45, 7) is 2.03. The van der Waals surface area contributed by atoms with Crippen molar-refractivity contribution in [2.24, 2.45) is 0 Å². The Balaban J connectivity index is 1.41. The highest BCUT2D eigenvalue weighted by molar-refractivity contribution is 5.65. The van der Waals surface area contributed by atoms with Crippen molar-refractivity contribution in [1.82, 2.24) is 29.9 Å². The van der Waals surface area contributed by atoms with Crippen LogP contribution in [0.1, 0.15) is 5.56 Å². The van der Waals surface area contributed by atoms with Gasteiger partial charge in [0, 0.05) is 35.4 Å². The zero-order chi connectivity index (χ0) is 22.6. The molecule has 0 amide bonds. The molecule has 0 saturated heterocycles. The first-order chi connectivity index (χ1) is 16.2. The highest BCUT2D eigenvalue weighted by atomic mass is 16.5. The van der Waals surface area contributed by atoms with E-state index in [9.17, 15) is 0 Å². The minimum absolute atomic E-state index is 0.508. The molecule has 0 saturated carbocycles. The Morgan fingerprint density at radius 3 is 2.58 bits per heavy atom. The van der Waals surface area contributed by atoms with E-state index in [0.717, 1.165) is 45.2 Å². The molecule has 0 spiro atoms. The van der Waals surface area contributed by atoms with Gasteiger partial charge in [-0.2, -0.15) is 0 Å². The van der Waals surface area contributed by atoms with Gasteiger partial charge < -0.3 is 10.1 Å². The molecule has 0 bridgehead atoms. The normalized spacial score (nSPS) is 10.7. The average Bonchev–Trinajstić information content (AvgIpc) is 3.37. The van der Waals surface area contributed by atoms with E-state index in [4.69, 9.17) is 4.74 Å². The molecule has 162 valence electrons. The molecule has 0 radical (unpaired) electrons. The smallest absolute Gasteiger partial charge is 0.227 e. The number of aromatic nitrogens is 6. The van der Waals surface area contributed by atoms with Gasteiger partial charge in [-0.3, -0.25) is 4.98 Å². The van der Waals surface area contributed by atoms with Crippen molar-refractivity contribution in [3.8, 4) is 34.0 Å². The second kappa shape index (κ2) is 8.88. The summed E-state index contributed by atoms with van der Waals surface area (Å²) in [6.07, 6.45) is 7.15. The third-order valence-corrected chi connectivity index (χ3v) is 5.22. The minimum Gasteiger partial charge on any atom is -0.497 e. The molecule has 1 N–H and O–H groups in total. The lowest BCUT2D eigenvalue weighted by Crippen LogP contribution is -2.02. The van der Waals surface area contributed by atoms with Crippen molar-refractivity contribution in [2.75, 3.05) is 12.4 Å². The van der Waals surface area contributed by atoms with E-state index in [0.29, 0.717) is 5.95 Å². The molecule has 0 fully saturated rings. The zero-order valence-corrected chi connectivity index (χ0v) is 18.2. The van der Waals surface area contributed by atoms with Gasteiger partial charge in [0.15, 0.2) is 0 Å². The molecule has 5 rings (SSSR count). The van der Waals surface area contributed by atoms with Gasteiger partial charge in [0.2, 0.25) is 5.95 Å². The maximum atomic E-state index is 5.22. The van der Waals surface area contributed by atoms with Gasteiger partial charge in [0.05, 0.1) is 24.7 Å². The van der Waals surface area contributed by atoms with Crippen LogP contribution in [0, 0.1) is 6.92 Å². The van der Waals surface area contributed by atoms with Crippen LogP contribution in [-0.2, 0) is 0 Å². The number of nitrogens with zero attached hydrogens (tertiary/aromatic N) is 6. The molecule has 0 aliphatic carbocycles. The Morgan fingerprint density at radius 1 is 0.909 bits per heavy atom. The molecule has 2 aromatic carbocycles. The van der Waals surface area contributed by atoms with Crippen molar-refractivity contribution in [3.63, 3.8) is 0 Å². The summed E-state index contributed by atoms with van der Waals surface area (Å²) < 4.78 is 6.97. The molecule has 0 aliphatic heterocycles. The number of ether oxygens (including phenoxy) is 1. The molecule has 8 heteroatoms. The van der Waals surface area contributed by atoms with Crippen LogP contribution in [0.4, 0.5) is 11.6 Å². The Bertz CT molecular complexity index is 1380. The number of aryl methyl sites for hydroxylation is 1. The Morgan fingerprint density at radius 2 is 1.79 bits per heavy atom. The number of rotatable bonds is 6. The molecule has 0 atom stereocenters. The van der Waals surface area contributed by atoms with Crippen LogP contribution in [-0.4, -0.2) is 37.1 Å². The first-order valence-corrected chi connectivity index (χ1v) is 10.4. The Labute approximate surface area is 191 Å². The molecule has 8 nitrogen and oxygen atoms in total. The first kappa shape index (κ1) is 20.3. The number of nitrogens with one attached hydrogen (secondary N) is 1. The van der Waals surface area contributed by atoms with Gasteiger partial charge in [-0.15, -0.1) is 5.10 Å². The number of pyridine rings is 1. The lowest BCUT2D eigenvalue weighted by Gasteiger charge is -2.11. The number of hydrogen-bond donors (Lipinski definition) is 1. The maximum absolute atomic E-state index is 5.22. The molecule has 0 aliphatic rings. The SMILES string of the molecule is COc1ccc(-c2cn(-c3ccc(C)c(Nc4nccc(-c5cccnc5)n4)c3)nn2)cc1. The number of methoxy groups -OCH3 is 1. The van der Waals surface area contributed by atoms with E-state index in [1.807, 2.05) is 73.8 Å². The van der Waals surface area contributed by atoms with Gasteiger partial charge in [-0.05, 0) is 67.1 Å². The largest absolute Gasteiger partial charge is 0.497 e. The Kier molecular flexibility index (Phi) is 5.47. The van der Waals surface area contributed by atoms with E-state index < -0.39 is 0 Å². The van der Waals surface area contributed by atoms with Gasteiger partial charge in [-0.25, -0.2) is 14.6 Å². The fourth-order valence-electron chi connectivity index (χ4n) is 3.39. The van der Waals surface area contributed by atoms with Crippen LogP contribution in [0.5, 0.6) is 5.75 Å².